The van der Waals surface area contributed by atoms with Crippen molar-refractivity contribution in [1.29, 1.82) is 0 Å². The molecule has 2 aromatic rings. The summed E-state index contributed by atoms with van der Waals surface area (Å²) in [5, 5.41) is 2.86. The van der Waals surface area contributed by atoms with E-state index in [2.05, 4.69) is 29.9 Å². The predicted molar refractivity (Wildman–Crippen MR) is 74.4 cm³/mol. The summed E-state index contributed by atoms with van der Waals surface area (Å²) in [6.07, 6.45) is 0. The Morgan fingerprint density at radius 1 is 1.29 bits per heavy atom. The number of halogens is 1. The summed E-state index contributed by atoms with van der Waals surface area (Å²) in [6, 6.07) is 8.13. The number of aryl methyl sites for hydroxylation is 2. The number of hydrazine groups is 1. The number of nitrogens with two attached hydrogens (primary N) is 1. The van der Waals surface area contributed by atoms with Gasteiger partial charge in [-0.2, -0.15) is 0 Å². The molecule has 0 bridgehead atoms. The maximum atomic E-state index is 6.04. The van der Waals surface area contributed by atoms with Crippen LogP contribution in [-0.4, -0.2) is 0 Å². The van der Waals surface area contributed by atoms with Crippen LogP contribution < -0.4 is 11.3 Å². The zero-order chi connectivity index (χ0) is 12.4. The predicted octanol–water partition coefficient (Wildman–Crippen LogP) is 3.57. The summed E-state index contributed by atoms with van der Waals surface area (Å²) in [5.41, 5.74) is 6.30. The van der Waals surface area contributed by atoms with Crippen LogP contribution in [0.15, 0.2) is 29.6 Å². The fraction of sp³-hybridized carbons (Fsp3) is 0.231. The van der Waals surface area contributed by atoms with Gasteiger partial charge >= 0.3 is 0 Å². The highest BCUT2D eigenvalue weighted by atomic mass is 35.5. The Hall–Kier alpha value is -0.870. The Labute approximate surface area is 110 Å². The molecule has 17 heavy (non-hydrogen) atoms. The van der Waals surface area contributed by atoms with Crippen molar-refractivity contribution in [2.75, 3.05) is 0 Å². The fourth-order valence-electron chi connectivity index (χ4n) is 1.91. The molecule has 1 aromatic carbocycles. The molecule has 4 heteroatoms. The first kappa shape index (κ1) is 12.6. The Morgan fingerprint density at radius 3 is 2.59 bits per heavy atom. The van der Waals surface area contributed by atoms with E-state index in [0.717, 1.165) is 16.1 Å². The lowest BCUT2D eigenvalue weighted by molar-refractivity contribution is 0.636. The van der Waals surface area contributed by atoms with Gasteiger partial charge in [-0.3, -0.25) is 5.84 Å². The zero-order valence-electron chi connectivity index (χ0n) is 9.83. The van der Waals surface area contributed by atoms with Crippen LogP contribution in [-0.2, 0) is 0 Å². The Kier molecular flexibility index (Phi) is 3.84. The van der Waals surface area contributed by atoms with Crippen molar-refractivity contribution in [1.82, 2.24) is 5.43 Å². The molecule has 2 rings (SSSR count). The van der Waals surface area contributed by atoms with Crippen LogP contribution in [0.25, 0.3) is 0 Å². The third kappa shape index (κ3) is 2.53. The molecule has 1 unspecified atom stereocenters. The van der Waals surface area contributed by atoms with Crippen LogP contribution in [0.5, 0.6) is 0 Å². The number of thiophene rings is 1. The summed E-state index contributed by atoms with van der Waals surface area (Å²) < 4.78 is 0. The van der Waals surface area contributed by atoms with E-state index < -0.39 is 0 Å². The quantitative estimate of drug-likeness (QED) is 0.658. The minimum atomic E-state index is 0.0252. The van der Waals surface area contributed by atoms with Gasteiger partial charge in [-0.1, -0.05) is 23.7 Å². The summed E-state index contributed by atoms with van der Waals surface area (Å²) in [7, 11) is 0. The largest absolute Gasteiger partial charge is 0.271 e. The van der Waals surface area contributed by atoms with Crippen LogP contribution in [0.3, 0.4) is 0 Å². The Bertz CT molecular complexity index is 522. The van der Waals surface area contributed by atoms with E-state index in [1.807, 2.05) is 19.1 Å². The molecular formula is C13H15ClN2S. The molecule has 0 saturated carbocycles. The second kappa shape index (κ2) is 5.19. The minimum absolute atomic E-state index is 0.0252. The summed E-state index contributed by atoms with van der Waals surface area (Å²) in [5.74, 6) is 5.67. The maximum Gasteiger partial charge on any atom is 0.0720 e. The normalized spacial score (nSPS) is 12.7. The second-order valence-corrected chi connectivity index (χ2v) is 5.57. The summed E-state index contributed by atoms with van der Waals surface area (Å²) in [6.45, 7) is 4.10. The molecule has 0 spiro atoms. The van der Waals surface area contributed by atoms with Gasteiger partial charge in [-0.25, -0.2) is 5.43 Å². The smallest absolute Gasteiger partial charge is 0.0720 e. The number of benzene rings is 1. The average Bonchev–Trinajstić information content (AvgIpc) is 2.71. The molecule has 2 nitrogen and oxygen atoms in total. The Morgan fingerprint density at radius 2 is 2.06 bits per heavy atom. The van der Waals surface area contributed by atoms with Gasteiger partial charge in [0, 0.05) is 9.90 Å². The van der Waals surface area contributed by atoms with E-state index in [1.54, 1.807) is 11.3 Å². The number of hydrogen-bond donors (Lipinski definition) is 2. The second-order valence-electron chi connectivity index (χ2n) is 4.04. The van der Waals surface area contributed by atoms with Gasteiger partial charge in [0.2, 0.25) is 0 Å². The lowest BCUT2D eigenvalue weighted by atomic mass is 9.98. The van der Waals surface area contributed by atoms with Gasteiger partial charge in [-0.05, 0) is 48.1 Å². The van der Waals surface area contributed by atoms with E-state index in [0.29, 0.717) is 0 Å². The van der Waals surface area contributed by atoms with Gasteiger partial charge in [0.25, 0.3) is 0 Å². The SMILES string of the molecule is Cc1cc(C(NN)c2ccsc2C)ccc1Cl. The first-order valence-corrected chi connectivity index (χ1v) is 6.65. The molecule has 1 aromatic heterocycles. The Balaban J connectivity index is 2.42. The summed E-state index contributed by atoms with van der Waals surface area (Å²) in [4.78, 5) is 1.28. The van der Waals surface area contributed by atoms with Crippen LogP contribution in [0.4, 0.5) is 0 Å². The molecule has 0 aliphatic rings. The van der Waals surface area contributed by atoms with E-state index >= 15 is 0 Å². The number of hydrogen-bond acceptors (Lipinski definition) is 3. The lowest BCUT2D eigenvalue weighted by Gasteiger charge is -2.17. The van der Waals surface area contributed by atoms with Crippen molar-refractivity contribution in [3.63, 3.8) is 0 Å². The van der Waals surface area contributed by atoms with E-state index in [-0.39, 0.29) is 6.04 Å². The van der Waals surface area contributed by atoms with E-state index in [9.17, 15) is 0 Å². The van der Waals surface area contributed by atoms with Crippen LogP contribution in [0, 0.1) is 13.8 Å². The molecule has 0 fully saturated rings. The standard InChI is InChI=1S/C13H15ClN2S/c1-8-7-10(3-4-12(8)14)13(16-15)11-5-6-17-9(11)2/h3-7,13,16H,15H2,1-2H3. The molecule has 90 valence electrons. The van der Waals surface area contributed by atoms with Crippen molar-refractivity contribution in [2.45, 2.75) is 19.9 Å². The molecule has 0 amide bonds. The summed E-state index contributed by atoms with van der Waals surface area (Å²) >= 11 is 7.76. The monoisotopic (exact) mass is 266 g/mol. The highest BCUT2D eigenvalue weighted by molar-refractivity contribution is 7.10. The van der Waals surface area contributed by atoms with Gasteiger partial charge < -0.3 is 0 Å². The molecular weight excluding hydrogens is 252 g/mol. The number of rotatable bonds is 3. The third-order valence-corrected chi connectivity index (χ3v) is 4.18. The van der Waals surface area contributed by atoms with Crippen molar-refractivity contribution >= 4 is 22.9 Å². The van der Waals surface area contributed by atoms with Gasteiger partial charge in [0.05, 0.1) is 6.04 Å². The highest BCUT2D eigenvalue weighted by Gasteiger charge is 2.15. The average molecular weight is 267 g/mol. The topological polar surface area (TPSA) is 38.0 Å². The number of nitrogens with one attached hydrogen (secondary N) is 1. The first-order valence-electron chi connectivity index (χ1n) is 5.39. The van der Waals surface area contributed by atoms with E-state index in [4.69, 9.17) is 17.4 Å². The van der Waals surface area contributed by atoms with Crippen molar-refractivity contribution < 1.29 is 0 Å². The van der Waals surface area contributed by atoms with Crippen molar-refractivity contribution in [3.8, 4) is 0 Å². The molecule has 1 heterocycles. The van der Waals surface area contributed by atoms with Gasteiger partial charge in [0.1, 0.15) is 0 Å². The molecule has 0 aliphatic carbocycles. The molecule has 0 aliphatic heterocycles. The fourth-order valence-corrected chi connectivity index (χ4v) is 2.77. The van der Waals surface area contributed by atoms with Gasteiger partial charge in [0.15, 0.2) is 0 Å². The highest BCUT2D eigenvalue weighted by Crippen LogP contribution is 2.29. The van der Waals surface area contributed by atoms with Gasteiger partial charge in [-0.15, -0.1) is 11.3 Å². The molecule has 3 N–H and O–H groups in total. The van der Waals surface area contributed by atoms with Crippen molar-refractivity contribution in [2.24, 2.45) is 5.84 Å². The van der Waals surface area contributed by atoms with Crippen molar-refractivity contribution in [3.05, 3.63) is 56.2 Å². The van der Waals surface area contributed by atoms with Crippen LogP contribution in [0.2, 0.25) is 5.02 Å². The zero-order valence-corrected chi connectivity index (χ0v) is 11.4. The molecule has 1 atom stereocenters. The maximum absolute atomic E-state index is 6.04. The van der Waals surface area contributed by atoms with E-state index in [1.165, 1.54) is 10.4 Å². The first-order chi connectivity index (χ1) is 8.13. The third-order valence-electron chi connectivity index (χ3n) is 2.89. The lowest BCUT2D eigenvalue weighted by Crippen LogP contribution is -2.29. The van der Waals surface area contributed by atoms with Crippen LogP contribution >= 0.6 is 22.9 Å². The minimum Gasteiger partial charge on any atom is -0.271 e. The molecule has 0 saturated heterocycles. The molecule has 0 radical (unpaired) electrons. The van der Waals surface area contributed by atoms with Crippen LogP contribution in [0.1, 0.15) is 27.6 Å².